The first kappa shape index (κ1) is 16.9. The van der Waals surface area contributed by atoms with Crippen LogP contribution in [0.3, 0.4) is 0 Å². The molecule has 2 aromatic rings. The van der Waals surface area contributed by atoms with Crippen LogP contribution in [-0.4, -0.2) is 36.8 Å². The molecule has 1 unspecified atom stereocenters. The van der Waals surface area contributed by atoms with E-state index < -0.39 is 12.1 Å². The zero-order chi connectivity index (χ0) is 17.0. The first-order chi connectivity index (χ1) is 10.9. The highest BCUT2D eigenvalue weighted by Gasteiger charge is 2.19. The van der Waals surface area contributed by atoms with Crippen molar-refractivity contribution < 1.29 is 28.2 Å². The maximum atomic E-state index is 11.9. The molecule has 7 heteroatoms. The van der Waals surface area contributed by atoms with Crippen LogP contribution in [0.5, 0.6) is 0 Å². The highest BCUT2D eigenvalue weighted by atomic mass is 17.0. The maximum absolute atomic E-state index is 11.9. The zero-order valence-corrected chi connectivity index (χ0v) is 13.7. The zero-order valence-electron chi connectivity index (χ0n) is 13.7. The van der Waals surface area contributed by atoms with Crippen LogP contribution in [0.15, 0.2) is 27.4 Å². The summed E-state index contributed by atoms with van der Waals surface area (Å²) in [6, 6.07) is 5.52. The van der Waals surface area contributed by atoms with E-state index in [-0.39, 0.29) is 18.8 Å². The number of ether oxygens (including phenoxy) is 2. The lowest BCUT2D eigenvalue weighted by Gasteiger charge is -2.24. The van der Waals surface area contributed by atoms with E-state index >= 15 is 0 Å². The summed E-state index contributed by atoms with van der Waals surface area (Å²) in [7, 11) is 1.64. The number of carbonyl (C=O) groups is 2. The smallest absolute Gasteiger partial charge is 0.412 e. The highest BCUT2D eigenvalue weighted by Crippen LogP contribution is 2.21. The van der Waals surface area contributed by atoms with E-state index in [4.69, 9.17) is 18.6 Å². The molecule has 0 aliphatic carbocycles. The molecule has 0 aliphatic rings. The molecule has 7 nitrogen and oxygen atoms in total. The van der Waals surface area contributed by atoms with Crippen molar-refractivity contribution in [2.45, 2.75) is 33.2 Å². The first-order valence-electron chi connectivity index (χ1n) is 7.42. The van der Waals surface area contributed by atoms with E-state index in [9.17, 15) is 9.59 Å². The minimum absolute atomic E-state index is 0.0951. The van der Waals surface area contributed by atoms with Gasteiger partial charge in [0, 0.05) is 13.1 Å². The lowest BCUT2D eigenvalue weighted by molar-refractivity contribution is -0.156. The Morgan fingerprint density at radius 2 is 1.83 bits per heavy atom. The molecule has 0 saturated carbocycles. The Morgan fingerprint density at radius 3 is 2.39 bits per heavy atom. The summed E-state index contributed by atoms with van der Waals surface area (Å²) >= 11 is 0. The minimum atomic E-state index is -0.544. The predicted octanol–water partition coefficient (Wildman–Crippen LogP) is 3.18. The number of hydrogen-bond acceptors (Lipinski definition) is 6. The van der Waals surface area contributed by atoms with Crippen molar-refractivity contribution >= 4 is 23.2 Å². The van der Waals surface area contributed by atoms with Crippen LogP contribution in [0.25, 0.3) is 11.2 Å². The molecular formula is C16H21NO6. The molecular weight excluding hydrogens is 302 g/mol. The quantitative estimate of drug-likeness (QED) is 0.461. The molecule has 23 heavy (non-hydrogen) atoms. The summed E-state index contributed by atoms with van der Waals surface area (Å²) in [5.74, 6) is -0.662. The first-order valence-corrected chi connectivity index (χ1v) is 7.42. The van der Waals surface area contributed by atoms with Gasteiger partial charge in [0.05, 0.1) is 5.92 Å². The van der Waals surface area contributed by atoms with Gasteiger partial charge in [0.15, 0.2) is 0 Å². The number of fused-ring (bicyclic) bond motifs is 1. The monoisotopic (exact) mass is 323 g/mol. The van der Waals surface area contributed by atoms with Crippen molar-refractivity contribution in [2.75, 3.05) is 13.8 Å². The van der Waals surface area contributed by atoms with Crippen molar-refractivity contribution in [3.05, 3.63) is 23.8 Å². The summed E-state index contributed by atoms with van der Waals surface area (Å²) in [5.41, 5.74) is 2.42. The Bertz CT molecular complexity index is 671. The third-order valence-corrected chi connectivity index (χ3v) is 3.56. The van der Waals surface area contributed by atoms with Gasteiger partial charge < -0.3 is 14.4 Å². The Labute approximate surface area is 134 Å². The number of likely N-dealkylation sites (N-methyl/N-ethyl adjacent to an activating group) is 1. The molecule has 1 aromatic heterocycles. The summed E-state index contributed by atoms with van der Waals surface area (Å²) in [6.07, 6.45) is 0.0890. The number of esters is 1. The van der Waals surface area contributed by atoms with Crippen LogP contribution in [0, 0.1) is 5.92 Å². The SMILES string of the molecule is CC(C)C(=O)OCOC(=O)N(C)C(C)Cc1ccc2ooc2c1. The molecule has 0 N–H and O–H groups in total. The molecule has 1 aromatic carbocycles. The summed E-state index contributed by atoms with van der Waals surface area (Å²) in [6.45, 7) is 4.94. The van der Waals surface area contributed by atoms with Crippen LogP contribution < -0.4 is 0 Å². The van der Waals surface area contributed by atoms with Crippen molar-refractivity contribution in [3.8, 4) is 0 Å². The Kier molecular flexibility index (Phi) is 5.31. The van der Waals surface area contributed by atoms with Gasteiger partial charge in [-0.05, 0) is 31.0 Å². The van der Waals surface area contributed by atoms with E-state index in [0.717, 1.165) is 5.56 Å². The molecule has 1 amide bonds. The van der Waals surface area contributed by atoms with Crippen molar-refractivity contribution in [1.29, 1.82) is 0 Å². The van der Waals surface area contributed by atoms with Crippen LogP contribution in [0.4, 0.5) is 4.79 Å². The largest absolute Gasteiger partial charge is 0.428 e. The highest BCUT2D eigenvalue weighted by molar-refractivity contribution is 5.72. The number of benzene rings is 1. The van der Waals surface area contributed by atoms with Gasteiger partial charge in [-0.3, -0.25) is 13.9 Å². The summed E-state index contributed by atoms with van der Waals surface area (Å²) < 4.78 is 19.4. The second-order valence-corrected chi connectivity index (χ2v) is 5.76. The molecule has 0 aliphatic heterocycles. The molecule has 0 bridgehead atoms. The van der Waals surface area contributed by atoms with Crippen LogP contribution in [0.1, 0.15) is 26.3 Å². The lowest BCUT2D eigenvalue weighted by Crippen LogP contribution is -2.37. The predicted molar refractivity (Wildman–Crippen MR) is 81.7 cm³/mol. The van der Waals surface area contributed by atoms with Crippen LogP contribution in [0.2, 0.25) is 0 Å². The molecule has 0 spiro atoms. The molecule has 0 radical (unpaired) electrons. The van der Waals surface area contributed by atoms with Gasteiger partial charge in [-0.25, -0.2) is 4.79 Å². The van der Waals surface area contributed by atoms with Gasteiger partial charge >= 0.3 is 12.1 Å². The number of rotatable bonds is 6. The third-order valence-electron chi connectivity index (χ3n) is 3.56. The topological polar surface area (TPSA) is 82.1 Å². The van der Waals surface area contributed by atoms with E-state index in [0.29, 0.717) is 17.6 Å². The Balaban J connectivity index is 1.80. The average molecular weight is 323 g/mol. The van der Waals surface area contributed by atoms with Gasteiger partial charge in [-0.2, -0.15) is 0 Å². The van der Waals surface area contributed by atoms with E-state index in [1.807, 2.05) is 25.1 Å². The van der Waals surface area contributed by atoms with Gasteiger partial charge in [-0.15, -0.1) is 0 Å². The number of amides is 1. The molecule has 1 heterocycles. The second kappa shape index (κ2) is 7.21. The Hall–Kier alpha value is -2.44. The summed E-state index contributed by atoms with van der Waals surface area (Å²) in [4.78, 5) is 24.7. The number of hydrogen-bond donors (Lipinski definition) is 0. The van der Waals surface area contributed by atoms with Gasteiger partial charge in [0.25, 0.3) is 0 Å². The number of nitrogens with zero attached hydrogens (tertiary/aromatic N) is 1. The fourth-order valence-electron chi connectivity index (χ4n) is 1.93. The molecule has 0 saturated heterocycles. The lowest BCUT2D eigenvalue weighted by atomic mass is 10.1. The standard InChI is InChI=1S/C16H21NO6/c1-10(2)15(18)20-9-21-16(19)17(4)11(3)7-12-5-6-13-14(8-12)23-22-13/h5-6,8,10-11H,7,9H2,1-4H3. The van der Waals surface area contributed by atoms with E-state index in [1.54, 1.807) is 20.9 Å². The third kappa shape index (κ3) is 4.28. The fourth-order valence-corrected chi connectivity index (χ4v) is 1.93. The van der Waals surface area contributed by atoms with Gasteiger partial charge in [0.2, 0.25) is 18.0 Å². The normalized spacial score (nSPS) is 12.4. The molecule has 2 rings (SSSR count). The second-order valence-electron chi connectivity index (χ2n) is 5.76. The Morgan fingerprint density at radius 1 is 1.13 bits per heavy atom. The van der Waals surface area contributed by atoms with Crippen molar-refractivity contribution in [2.24, 2.45) is 5.92 Å². The molecule has 126 valence electrons. The minimum Gasteiger partial charge on any atom is -0.428 e. The van der Waals surface area contributed by atoms with Crippen molar-refractivity contribution in [1.82, 2.24) is 4.90 Å². The van der Waals surface area contributed by atoms with E-state index in [2.05, 4.69) is 0 Å². The summed E-state index contributed by atoms with van der Waals surface area (Å²) in [5, 5.41) is 0. The number of carbonyl (C=O) groups excluding carboxylic acids is 2. The fraction of sp³-hybridized carbons (Fsp3) is 0.500. The molecule has 0 fully saturated rings. The molecule has 1 atom stereocenters. The van der Waals surface area contributed by atoms with Crippen LogP contribution >= 0.6 is 0 Å². The average Bonchev–Trinajstić information content (AvgIpc) is 2.48. The van der Waals surface area contributed by atoms with Crippen LogP contribution in [-0.2, 0) is 20.7 Å². The van der Waals surface area contributed by atoms with E-state index in [1.165, 1.54) is 4.90 Å². The van der Waals surface area contributed by atoms with Crippen molar-refractivity contribution in [3.63, 3.8) is 0 Å². The maximum Gasteiger partial charge on any atom is 0.412 e. The van der Waals surface area contributed by atoms with Gasteiger partial charge in [-0.1, -0.05) is 19.9 Å². The van der Waals surface area contributed by atoms with Gasteiger partial charge in [0.1, 0.15) is 0 Å².